The van der Waals surface area contributed by atoms with Crippen LogP contribution in [0.25, 0.3) is 0 Å². The fraction of sp³-hybridized carbons (Fsp3) is 0.533. The third kappa shape index (κ3) is 4.51. The SMILES string of the molecule is CCCNCCNC(=O)C1NNC(c2ccccc2)C1Br. The number of rotatable bonds is 7. The first kappa shape index (κ1) is 16.4. The summed E-state index contributed by atoms with van der Waals surface area (Å²) in [5.74, 6) is 0.0149. The summed E-state index contributed by atoms with van der Waals surface area (Å²) in [6.07, 6.45) is 1.10. The van der Waals surface area contributed by atoms with Crippen molar-refractivity contribution in [1.29, 1.82) is 0 Å². The van der Waals surface area contributed by atoms with Crippen molar-refractivity contribution in [2.75, 3.05) is 19.6 Å². The van der Waals surface area contributed by atoms with Gasteiger partial charge >= 0.3 is 0 Å². The standard InChI is InChI=1S/C15H23BrN4O/c1-2-8-17-9-10-18-15(21)14-12(16)13(19-20-14)11-6-4-3-5-7-11/h3-7,12-14,17,19-20H,2,8-10H2,1H3,(H,18,21). The Kier molecular flexibility index (Phi) is 6.63. The molecule has 3 unspecified atom stereocenters. The van der Waals surface area contributed by atoms with Gasteiger partial charge in [-0.3, -0.25) is 4.79 Å². The molecule has 6 heteroatoms. The van der Waals surface area contributed by atoms with Crippen LogP contribution in [0.2, 0.25) is 0 Å². The van der Waals surface area contributed by atoms with E-state index in [9.17, 15) is 4.79 Å². The molecule has 1 aliphatic heterocycles. The molecule has 5 nitrogen and oxygen atoms in total. The van der Waals surface area contributed by atoms with Gasteiger partial charge < -0.3 is 10.6 Å². The summed E-state index contributed by atoms with van der Waals surface area (Å²) in [5.41, 5.74) is 7.43. The maximum atomic E-state index is 12.2. The van der Waals surface area contributed by atoms with Crippen LogP contribution in [0.1, 0.15) is 24.9 Å². The second kappa shape index (κ2) is 8.48. The smallest absolute Gasteiger partial charge is 0.239 e. The van der Waals surface area contributed by atoms with Gasteiger partial charge in [-0.05, 0) is 18.5 Å². The quantitative estimate of drug-likeness (QED) is 0.437. The number of nitrogens with one attached hydrogen (secondary N) is 4. The van der Waals surface area contributed by atoms with Crippen LogP contribution in [0.4, 0.5) is 0 Å². The van der Waals surface area contributed by atoms with E-state index in [0.29, 0.717) is 6.54 Å². The molecule has 116 valence electrons. The Bertz CT molecular complexity index is 443. The van der Waals surface area contributed by atoms with Gasteiger partial charge in [-0.15, -0.1) is 0 Å². The monoisotopic (exact) mass is 354 g/mol. The van der Waals surface area contributed by atoms with Crippen LogP contribution in [0.3, 0.4) is 0 Å². The molecule has 4 N–H and O–H groups in total. The predicted octanol–water partition coefficient (Wildman–Crippen LogP) is 1.08. The van der Waals surface area contributed by atoms with Gasteiger partial charge in [-0.25, -0.2) is 10.9 Å². The van der Waals surface area contributed by atoms with Crippen molar-refractivity contribution in [3.05, 3.63) is 35.9 Å². The minimum atomic E-state index is -0.276. The average molecular weight is 355 g/mol. The van der Waals surface area contributed by atoms with E-state index in [1.54, 1.807) is 0 Å². The predicted molar refractivity (Wildman–Crippen MR) is 88.1 cm³/mol. The molecule has 2 rings (SSSR count). The van der Waals surface area contributed by atoms with Crippen molar-refractivity contribution in [2.24, 2.45) is 0 Å². The van der Waals surface area contributed by atoms with Gasteiger partial charge in [-0.2, -0.15) is 0 Å². The normalized spacial score (nSPS) is 25.0. The van der Waals surface area contributed by atoms with Gasteiger partial charge in [0.2, 0.25) is 5.91 Å². The topological polar surface area (TPSA) is 65.2 Å². The molecule has 1 fully saturated rings. The second-order valence-corrected chi connectivity index (χ2v) is 6.20. The summed E-state index contributed by atoms with van der Waals surface area (Å²) in [5, 5.41) is 6.22. The Morgan fingerprint density at radius 1 is 1.19 bits per heavy atom. The molecule has 1 amide bonds. The van der Waals surface area contributed by atoms with Crippen LogP contribution < -0.4 is 21.5 Å². The molecular weight excluding hydrogens is 332 g/mol. The fourth-order valence-corrected chi connectivity index (χ4v) is 3.16. The number of halogens is 1. The van der Waals surface area contributed by atoms with Crippen LogP contribution in [0, 0.1) is 0 Å². The van der Waals surface area contributed by atoms with Crippen molar-refractivity contribution in [3.8, 4) is 0 Å². The molecule has 1 heterocycles. The van der Waals surface area contributed by atoms with Gasteiger partial charge in [0.15, 0.2) is 0 Å². The highest BCUT2D eigenvalue weighted by Crippen LogP contribution is 2.28. The Morgan fingerprint density at radius 2 is 1.95 bits per heavy atom. The lowest BCUT2D eigenvalue weighted by molar-refractivity contribution is -0.122. The number of alkyl halides is 1. The fourth-order valence-electron chi connectivity index (χ4n) is 2.35. The molecule has 0 bridgehead atoms. The summed E-state index contributed by atoms with van der Waals surface area (Å²) >= 11 is 3.64. The van der Waals surface area contributed by atoms with E-state index in [2.05, 4.69) is 56.5 Å². The Labute approximate surface area is 134 Å². The maximum absolute atomic E-state index is 12.2. The third-order valence-electron chi connectivity index (χ3n) is 3.50. The van der Waals surface area contributed by atoms with Gasteiger partial charge in [0, 0.05) is 13.1 Å². The lowest BCUT2D eigenvalue weighted by Gasteiger charge is -2.17. The van der Waals surface area contributed by atoms with E-state index in [1.807, 2.05) is 18.2 Å². The van der Waals surface area contributed by atoms with Crippen molar-refractivity contribution < 1.29 is 4.79 Å². The number of carbonyl (C=O) groups excluding carboxylic acids is 1. The minimum absolute atomic E-state index is 0.0149. The summed E-state index contributed by atoms with van der Waals surface area (Å²) in [6.45, 7) is 4.55. The van der Waals surface area contributed by atoms with Crippen molar-refractivity contribution >= 4 is 21.8 Å². The zero-order chi connectivity index (χ0) is 15.1. The molecule has 0 saturated carbocycles. The lowest BCUT2D eigenvalue weighted by Crippen LogP contribution is -2.47. The van der Waals surface area contributed by atoms with Crippen LogP contribution in [0.15, 0.2) is 30.3 Å². The van der Waals surface area contributed by atoms with Crippen molar-refractivity contribution in [2.45, 2.75) is 30.3 Å². The Balaban J connectivity index is 1.81. The first-order valence-corrected chi connectivity index (χ1v) is 8.34. The van der Waals surface area contributed by atoms with E-state index in [4.69, 9.17) is 0 Å². The number of hydrazine groups is 1. The summed E-state index contributed by atoms with van der Waals surface area (Å²) < 4.78 is 0. The summed E-state index contributed by atoms with van der Waals surface area (Å²) in [7, 11) is 0. The molecule has 1 saturated heterocycles. The van der Waals surface area contributed by atoms with Crippen LogP contribution in [0.5, 0.6) is 0 Å². The maximum Gasteiger partial charge on any atom is 0.239 e. The molecule has 0 spiro atoms. The molecule has 0 aromatic heterocycles. The lowest BCUT2D eigenvalue weighted by atomic mass is 10.0. The molecule has 3 atom stereocenters. The van der Waals surface area contributed by atoms with E-state index >= 15 is 0 Å². The van der Waals surface area contributed by atoms with Crippen LogP contribution in [-0.2, 0) is 4.79 Å². The summed E-state index contributed by atoms with van der Waals surface area (Å²) in [6, 6.07) is 9.92. The molecule has 1 aromatic carbocycles. The zero-order valence-corrected chi connectivity index (χ0v) is 13.8. The molecule has 1 aromatic rings. The van der Waals surface area contributed by atoms with Gasteiger partial charge in [0.25, 0.3) is 0 Å². The van der Waals surface area contributed by atoms with E-state index in [0.717, 1.165) is 25.1 Å². The van der Waals surface area contributed by atoms with E-state index < -0.39 is 0 Å². The number of hydrogen-bond donors (Lipinski definition) is 4. The van der Waals surface area contributed by atoms with Crippen molar-refractivity contribution in [1.82, 2.24) is 21.5 Å². The third-order valence-corrected chi connectivity index (χ3v) is 4.56. The molecule has 1 aliphatic rings. The molecule has 21 heavy (non-hydrogen) atoms. The number of benzene rings is 1. The molecular formula is C15H23BrN4O. The molecule has 0 aliphatic carbocycles. The number of hydrogen-bond acceptors (Lipinski definition) is 4. The Hall–Kier alpha value is -0.950. The Morgan fingerprint density at radius 3 is 2.67 bits per heavy atom. The number of carbonyl (C=O) groups is 1. The zero-order valence-electron chi connectivity index (χ0n) is 12.2. The van der Waals surface area contributed by atoms with E-state index in [1.165, 1.54) is 0 Å². The highest BCUT2D eigenvalue weighted by molar-refractivity contribution is 9.09. The van der Waals surface area contributed by atoms with Gasteiger partial charge in [-0.1, -0.05) is 53.2 Å². The largest absolute Gasteiger partial charge is 0.353 e. The van der Waals surface area contributed by atoms with E-state index in [-0.39, 0.29) is 22.8 Å². The first-order valence-electron chi connectivity index (χ1n) is 7.42. The summed E-state index contributed by atoms with van der Waals surface area (Å²) in [4.78, 5) is 12.2. The van der Waals surface area contributed by atoms with Crippen LogP contribution in [-0.4, -0.2) is 36.4 Å². The van der Waals surface area contributed by atoms with Gasteiger partial charge in [0.1, 0.15) is 6.04 Å². The minimum Gasteiger partial charge on any atom is -0.353 e. The first-order chi connectivity index (χ1) is 10.2. The second-order valence-electron chi connectivity index (χ2n) is 5.14. The number of amides is 1. The highest BCUT2D eigenvalue weighted by Gasteiger charge is 2.38. The van der Waals surface area contributed by atoms with Crippen LogP contribution >= 0.6 is 15.9 Å². The van der Waals surface area contributed by atoms with Gasteiger partial charge in [0.05, 0.1) is 10.9 Å². The molecule has 0 radical (unpaired) electrons. The van der Waals surface area contributed by atoms with Crippen molar-refractivity contribution in [3.63, 3.8) is 0 Å². The average Bonchev–Trinajstić information content (AvgIpc) is 2.89. The highest BCUT2D eigenvalue weighted by atomic mass is 79.9.